The Hall–Kier alpha value is -3.19. The van der Waals surface area contributed by atoms with Gasteiger partial charge in [0.1, 0.15) is 6.07 Å². The van der Waals surface area contributed by atoms with Crippen molar-refractivity contribution in [1.82, 2.24) is 4.90 Å². The Bertz CT molecular complexity index is 983. The lowest BCUT2D eigenvalue weighted by Gasteiger charge is -2.43. The van der Waals surface area contributed by atoms with Gasteiger partial charge in [-0.3, -0.25) is 0 Å². The molecule has 0 saturated heterocycles. The number of methoxy groups -OCH3 is 2. The van der Waals surface area contributed by atoms with Crippen LogP contribution in [0.2, 0.25) is 0 Å². The molecule has 0 aromatic heterocycles. The van der Waals surface area contributed by atoms with E-state index in [2.05, 4.69) is 42.2 Å². The minimum atomic E-state index is 0.138. The predicted molar refractivity (Wildman–Crippen MR) is 105 cm³/mol. The van der Waals surface area contributed by atoms with E-state index in [-0.39, 0.29) is 6.04 Å². The standard InChI is InChI=1S/C23H22N2O2/c1-15-11-18(14-24)23-19-13-21(27-3)20(26-2)12-17(19)9-10-25(23)22(15)16-7-5-4-6-8-16/h4-8,11-13,22H,9-10H2,1-3H3. The molecule has 2 aromatic rings. The molecule has 1 atom stereocenters. The topological polar surface area (TPSA) is 45.5 Å². The number of hydrogen-bond acceptors (Lipinski definition) is 4. The van der Waals surface area contributed by atoms with Crippen molar-refractivity contribution in [2.75, 3.05) is 20.8 Å². The summed E-state index contributed by atoms with van der Waals surface area (Å²) in [6.07, 6.45) is 2.92. The number of nitriles is 1. The molecule has 136 valence electrons. The van der Waals surface area contributed by atoms with Crippen LogP contribution in [0.4, 0.5) is 0 Å². The third-order valence-electron chi connectivity index (χ3n) is 5.38. The molecule has 0 aliphatic carbocycles. The van der Waals surface area contributed by atoms with Crippen LogP contribution in [0.15, 0.2) is 59.7 Å². The summed E-state index contributed by atoms with van der Waals surface area (Å²) in [5.74, 6) is 1.41. The molecule has 0 bridgehead atoms. The van der Waals surface area contributed by atoms with Crippen molar-refractivity contribution in [3.63, 3.8) is 0 Å². The summed E-state index contributed by atoms with van der Waals surface area (Å²) in [5.41, 5.74) is 6.36. The molecule has 0 radical (unpaired) electrons. The number of benzene rings is 2. The van der Waals surface area contributed by atoms with Crippen molar-refractivity contribution >= 4 is 5.70 Å². The first kappa shape index (κ1) is 17.2. The smallest absolute Gasteiger partial charge is 0.161 e. The third-order valence-corrected chi connectivity index (χ3v) is 5.38. The molecule has 4 rings (SSSR count). The zero-order valence-corrected chi connectivity index (χ0v) is 15.8. The first-order chi connectivity index (χ1) is 13.2. The normalized spacial score (nSPS) is 18.2. The maximum atomic E-state index is 9.82. The van der Waals surface area contributed by atoms with Gasteiger partial charge in [0.05, 0.1) is 31.5 Å². The molecule has 0 saturated carbocycles. The summed E-state index contributed by atoms with van der Waals surface area (Å²) < 4.78 is 11.0. The molecule has 2 aliphatic rings. The van der Waals surface area contributed by atoms with E-state index >= 15 is 0 Å². The number of ether oxygens (including phenoxy) is 2. The van der Waals surface area contributed by atoms with Crippen LogP contribution in [0.25, 0.3) is 5.70 Å². The lowest BCUT2D eigenvalue weighted by atomic mass is 9.85. The van der Waals surface area contributed by atoms with E-state index in [1.165, 1.54) is 16.7 Å². The monoisotopic (exact) mass is 358 g/mol. The van der Waals surface area contributed by atoms with Crippen molar-refractivity contribution < 1.29 is 9.47 Å². The Morgan fingerprint density at radius 3 is 2.44 bits per heavy atom. The SMILES string of the molecule is COc1cc2c(cc1OC)C1=C(C#N)C=C(C)C(c3ccccc3)N1CC2. The van der Waals surface area contributed by atoms with Crippen molar-refractivity contribution in [2.45, 2.75) is 19.4 Å². The fourth-order valence-electron chi connectivity index (χ4n) is 4.20. The quantitative estimate of drug-likeness (QED) is 0.810. The number of hydrogen-bond donors (Lipinski definition) is 0. The van der Waals surface area contributed by atoms with E-state index < -0.39 is 0 Å². The van der Waals surface area contributed by atoms with Gasteiger partial charge in [0, 0.05) is 12.1 Å². The summed E-state index contributed by atoms with van der Waals surface area (Å²) in [6.45, 7) is 2.96. The minimum Gasteiger partial charge on any atom is -0.493 e. The molecular formula is C23H22N2O2. The van der Waals surface area contributed by atoms with Crippen LogP contribution >= 0.6 is 0 Å². The average molecular weight is 358 g/mol. The van der Waals surface area contributed by atoms with Gasteiger partial charge < -0.3 is 14.4 Å². The Balaban J connectivity index is 1.91. The van der Waals surface area contributed by atoms with E-state index in [0.29, 0.717) is 11.3 Å². The van der Waals surface area contributed by atoms with Crippen LogP contribution in [-0.4, -0.2) is 25.7 Å². The molecule has 4 heteroatoms. The van der Waals surface area contributed by atoms with E-state index in [9.17, 15) is 5.26 Å². The number of rotatable bonds is 3. The van der Waals surface area contributed by atoms with Crippen molar-refractivity contribution in [1.29, 1.82) is 5.26 Å². The van der Waals surface area contributed by atoms with Crippen LogP contribution in [0.5, 0.6) is 11.5 Å². The van der Waals surface area contributed by atoms with Gasteiger partial charge in [0.2, 0.25) is 0 Å². The minimum absolute atomic E-state index is 0.138. The second-order valence-corrected chi connectivity index (χ2v) is 6.88. The molecule has 27 heavy (non-hydrogen) atoms. The molecule has 0 N–H and O–H groups in total. The first-order valence-corrected chi connectivity index (χ1v) is 9.07. The van der Waals surface area contributed by atoms with E-state index in [1.807, 2.05) is 24.3 Å². The summed E-state index contributed by atoms with van der Waals surface area (Å²) >= 11 is 0. The third kappa shape index (κ3) is 2.76. The predicted octanol–water partition coefficient (Wildman–Crippen LogP) is 4.50. The average Bonchev–Trinajstić information content (AvgIpc) is 2.72. The fourth-order valence-corrected chi connectivity index (χ4v) is 4.20. The van der Waals surface area contributed by atoms with Crippen LogP contribution in [0, 0.1) is 11.3 Å². The molecule has 0 spiro atoms. The highest BCUT2D eigenvalue weighted by molar-refractivity contribution is 5.80. The van der Waals surface area contributed by atoms with Gasteiger partial charge in [-0.1, -0.05) is 30.3 Å². The van der Waals surface area contributed by atoms with Gasteiger partial charge in [-0.2, -0.15) is 5.26 Å². The summed E-state index contributed by atoms with van der Waals surface area (Å²) in [4.78, 5) is 2.36. The Labute approximate surface area is 159 Å². The zero-order chi connectivity index (χ0) is 19.0. The highest BCUT2D eigenvalue weighted by Gasteiger charge is 2.34. The lowest BCUT2D eigenvalue weighted by molar-refractivity contribution is 0.318. The Morgan fingerprint density at radius 2 is 1.78 bits per heavy atom. The van der Waals surface area contributed by atoms with Crippen LogP contribution in [0.3, 0.4) is 0 Å². The van der Waals surface area contributed by atoms with Gasteiger partial charge in [-0.15, -0.1) is 0 Å². The van der Waals surface area contributed by atoms with Crippen molar-refractivity contribution in [3.05, 3.63) is 76.4 Å². The lowest BCUT2D eigenvalue weighted by Crippen LogP contribution is -2.36. The van der Waals surface area contributed by atoms with Gasteiger partial charge in [0.25, 0.3) is 0 Å². The second kappa shape index (κ2) is 6.85. The van der Waals surface area contributed by atoms with E-state index in [0.717, 1.165) is 30.0 Å². The maximum Gasteiger partial charge on any atom is 0.161 e. The number of nitrogens with zero attached hydrogens (tertiary/aromatic N) is 2. The van der Waals surface area contributed by atoms with Gasteiger partial charge in [0.15, 0.2) is 11.5 Å². The highest BCUT2D eigenvalue weighted by Crippen LogP contribution is 2.46. The summed E-state index contributed by atoms with van der Waals surface area (Å²) in [7, 11) is 3.29. The van der Waals surface area contributed by atoms with Gasteiger partial charge in [-0.25, -0.2) is 0 Å². The van der Waals surface area contributed by atoms with Crippen LogP contribution < -0.4 is 9.47 Å². The first-order valence-electron chi connectivity index (χ1n) is 9.07. The van der Waals surface area contributed by atoms with Crippen LogP contribution in [0.1, 0.15) is 29.7 Å². The van der Waals surface area contributed by atoms with Crippen molar-refractivity contribution in [2.24, 2.45) is 0 Å². The molecule has 2 aromatic carbocycles. The Morgan fingerprint density at radius 1 is 1.07 bits per heavy atom. The molecular weight excluding hydrogens is 336 g/mol. The summed E-state index contributed by atoms with van der Waals surface area (Å²) in [5, 5.41) is 9.82. The molecule has 2 heterocycles. The largest absolute Gasteiger partial charge is 0.493 e. The van der Waals surface area contributed by atoms with E-state index in [4.69, 9.17) is 9.47 Å². The number of fused-ring (bicyclic) bond motifs is 3. The molecule has 2 aliphatic heterocycles. The maximum absolute atomic E-state index is 9.82. The Kier molecular flexibility index (Phi) is 4.37. The fraction of sp³-hybridized carbons (Fsp3) is 0.261. The van der Waals surface area contributed by atoms with Gasteiger partial charge >= 0.3 is 0 Å². The van der Waals surface area contributed by atoms with Gasteiger partial charge in [-0.05, 0) is 48.3 Å². The van der Waals surface area contributed by atoms with Crippen LogP contribution in [-0.2, 0) is 6.42 Å². The van der Waals surface area contributed by atoms with Crippen molar-refractivity contribution in [3.8, 4) is 17.6 Å². The molecule has 0 amide bonds. The summed E-state index contributed by atoms with van der Waals surface area (Å²) in [6, 6.07) is 17.1. The highest BCUT2D eigenvalue weighted by atomic mass is 16.5. The second-order valence-electron chi connectivity index (χ2n) is 6.88. The zero-order valence-electron chi connectivity index (χ0n) is 15.8. The molecule has 4 nitrogen and oxygen atoms in total. The van der Waals surface area contributed by atoms with E-state index in [1.54, 1.807) is 14.2 Å². The number of allylic oxidation sites excluding steroid dienone is 2. The molecule has 1 unspecified atom stereocenters. The molecule has 0 fully saturated rings.